The smallest absolute Gasteiger partial charge is 0.268 e. The summed E-state index contributed by atoms with van der Waals surface area (Å²) in [5.74, 6) is -0.206. The van der Waals surface area contributed by atoms with E-state index in [1.807, 2.05) is 27.2 Å². The molecule has 9 heteroatoms. The molecule has 0 aromatic carbocycles. The average Bonchev–Trinajstić information content (AvgIpc) is 3.41. The van der Waals surface area contributed by atoms with E-state index in [-0.39, 0.29) is 12.5 Å². The lowest BCUT2D eigenvalue weighted by atomic mass is 10.0. The van der Waals surface area contributed by atoms with Gasteiger partial charge < -0.3 is 28.8 Å². The molecule has 0 bridgehead atoms. The number of hydrogen-bond acceptors (Lipinski definition) is 6. The topological polar surface area (TPSA) is 108 Å². The maximum Gasteiger partial charge on any atom is 0.268 e. The van der Waals surface area contributed by atoms with Crippen molar-refractivity contribution in [1.29, 1.82) is 0 Å². The lowest BCUT2D eigenvalue weighted by Crippen LogP contribution is -2.45. The highest BCUT2D eigenvalue weighted by atomic mass is 31.2. The van der Waals surface area contributed by atoms with Gasteiger partial charge in [-0.2, -0.15) is 0 Å². The van der Waals surface area contributed by atoms with Gasteiger partial charge in [-0.3, -0.25) is 9.36 Å². The summed E-state index contributed by atoms with van der Waals surface area (Å²) in [7, 11) is 1.25. The predicted molar refractivity (Wildman–Crippen MR) is 339 cm³/mol. The first-order chi connectivity index (χ1) is 38.0. The second-order valence-corrected chi connectivity index (χ2v) is 25.2. The summed E-state index contributed by atoms with van der Waals surface area (Å²) in [6.45, 7) is 4.55. The molecular formula is C69H129N2O6P. The highest BCUT2D eigenvalue weighted by Gasteiger charge is 2.23. The Morgan fingerprint density at radius 1 is 0.462 bits per heavy atom. The summed E-state index contributed by atoms with van der Waals surface area (Å²) in [5, 5.41) is 13.9. The van der Waals surface area contributed by atoms with Crippen molar-refractivity contribution in [2.45, 2.75) is 321 Å². The van der Waals surface area contributed by atoms with Crippen LogP contribution in [0.3, 0.4) is 0 Å². The first kappa shape index (κ1) is 75.9. The number of quaternary nitrogens is 1. The minimum atomic E-state index is -4.61. The van der Waals surface area contributed by atoms with Crippen LogP contribution in [0.25, 0.3) is 0 Å². The zero-order valence-corrected chi connectivity index (χ0v) is 53.0. The Bertz CT molecular complexity index is 1500. The minimum absolute atomic E-state index is 0.00803. The molecule has 0 fully saturated rings. The molecule has 0 aliphatic rings. The molecule has 456 valence electrons. The number of nitrogens with zero attached hydrogens (tertiary/aromatic N) is 1. The van der Waals surface area contributed by atoms with Gasteiger partial charge in [0.2, 0.25) is 5.91 Å². The Hall–Kier alpha value is -2.06. The van der Waals surface area contributed by atoms with Gasteiger partial charge in [-0.05, 0) is 70.6 Å². The van der Waals surface area contributed by atoms with E-state index in [4.69, 9.17) is 9.05 Å². The molecule has 3 unspecified atom stereocenters. The Labute approximate surface area is 484 Å². The van der Waals surface area contributed by atoms with E-state index in [0.717, 1.165) is 64.2 Å². The lowest BCUT2D eigenvalue weighted by Gasteiger charge is -2.29. The van der Waals surface area contributed by atoms with Gasteiger partial charge in [0.15, 0.2) is 0 Å². The summed E-state index contributed by atoms with van der Waals surface area (Å²) >= 11 is 0. The normalized spacial score (nSPS) is 14.2. The van der Waals surface area contributed by atoms with Gasteiger partial charge in [-0.1, -0.05) is 305 Å². The lowest BCUT2D eigenvalue weighted by molar-refractivity contribution is -0.870. The molecule has 0 radical (unpaired) electrons. The van der Waals surface area contributed by atoms with Crippen LogP contribution in [0.4, 0.5) is 0 Å². The number of rotatable bonds is 61. The molecule has 78 heavy (non-hydrogen) atoms. The molecule has 0 saturated carbocycles. The van der Waals surface area contributed by atoms with Gasteiger partial charge in [0.1, 0.15) is 13.2 Å². The number of carbonyl (C=O) groups is 1. The summed E-state index contributed by atoms with van der Waals surface area (Å²) in [6.07, 6.45) is 83.0. The Balaban J connectivity index is 4.14. The maximum absolute atomic E-state index is 13.0. The number of allylic oxidation sites excluding steroid dienone is 11. The monoisotopic (exact) mass is 1110 g/mol. The number of unbranched alkanes of at least 4 members (excludes halogenated alkanes) is 38. The van der Waals surface area contributed by atoms with E-state index in [9.17, 15) is 19.4 Å². The Kier molecular flexibility index (Phi) is 58.0. The van der Waals surface area contributed by atoms with Crippen LogP contribution in [0.2, 0.25) is 0 Å². The highest BCUT2D eigenvalue weighted by molar-refractivity contribution is 7.45. The molecule has 2 N–H and O–H groups in total. The third kappa shape index (κ3) is 61.6. The maximum atomic E-state index is 13.0. The molecular weight excluding hydrogens is 984 g/mol. The third-order valence-corrected chi connectivity index (χ3v) is 15.9. The van der Waals surface area contributed by atoms with Crippen LogP contribution in [0.5, 0.6) is 0 Å². The van der Waals surface area contributed by atoms with Gasteiger partial charge in [0, 0.05) is 6.42 Å². The number of likely N-dealkylation sites (N-methyl/N-ethyl adjacent to an activating group) is 1. The van der Waals surface area contributed by atoms with Crippen molar-refractivity contribution < 1.29 is 32.9 Å². The molecule has 0 aromatic heterocycles. The molecule has 1 amide bonds. The van der Waals surface area contributed by atoms with Crippen LogP contribution in [-0.2, 0) is 18.4 Å². The van der Waals surface area contributed by atoms with Crippen molar-refractivity contribution in [2.75, 3.05) is 40.9 Å². The Morgan fingerprint density at radius 2 is 0.795 bits per heavy atom. The first-order valence-corrected chi connectivity index (χ1v) is 34.8. The van der Waals surface area contributed by atoms with E-state index in [0.29, 0.717) is 17.4 Å². The molecule has 0 saturated heterocycles. The summed E-state index contributed by atoms with van der Waals surface area (Å²) in [5.41, 5.74) is 0. The van der Waals surface area contributed by atoms with E-state index in [2.05, 4.69) is 79.9 Å². The van der Waals surface area contributed by atoms with Crippen molar-refractivity contribution in [3.8, 4) is 0 Å². The predicted octanol–water partition coefficient (Wildman–Crippen LogP) is 20.4. The number of aliphatic hydroxyl groups excluding tert-OH is 1. The number of nitrogens with one attached hydrogen (secondary N) is 1. The van der Waals surface area contributed by atoms with Crippen LogP contribution >= 0.6 is 7.82 Å². The Morgan fingerprint density at radius 3 is 1.19 bits per heavy atom. The number of phosphoric acid groups is 1. The van der Waals surface area contributed by atoms with E-state index >= 15 is 0 Å². The van der Waals surface area contributed by atoms with Gasteiger partial charge in [-0.15, -0.1) is 0 Å². The van der Waals surface area contributed by atoms with Gasteiger partial charge in [0.05, 0.1) is 39.9 Å². The van der Waals surface area contributed by atoms with Crippen molar-refractivity contribution in [3.05, 3.63) is 72.9 Å². The number of carbonyl (C=O) groups excluding carboxylic acids is 1. The van der Waals surface area contributed by atoms with Crippen LogP contribution in [-0.4, -0.2) is 68.5 Å². The fraction of sp³-hybridized carbons (Fsp3) is 0.812. The standard InChI is InChI=1S/C69H129N2O6P/c1-6-8-10-12-14-16-18-20-22-24-26-28-30-32-34-35-37-38-40-42-44-46-48-50-52-54-56-58-60-62-68(72)67(66-77-78(74,75)76-65-64-71(3,4)5)70-69(73)63-61-59-57-55-53-51-49-47-45-43-41-39-36-33-31-29-27-25-23-21-19-17-15-13-11-9-7-2/h9,11,15,17,21,23,27,29,52,54,60,62,67-68,72H,6-8,10,12-14,16,18-20,22,24-26,28,30-51,53,55-59,61,63-66H2,1-5H3,(H-,70,73,74,75)/b11-9-,17-15-,23-21-,29-27-,54-52+,62-60+. The quantitative estimate of drug-likeness (QED) is 0.0272. The number of phosphoric ester groups is 1. The second kappa shape index (κ2) is 59.6. The van der Waals surface area contributed by atoms with Crippen molar-refractivity contribution in [3.63, 3.8) is 0 Å². The summed E-state index contributed by atoms with van der Waals surface area (Å²) in [6, 6.07) is -0.908. The number of amides is 1. The fourth-order valence-electron chi connectivity index (χ4n) is 9.75. The highest BCUT2D eigenvalue weighted by Crippen LogP contribution is 2.38. The summed E-state index contributed by atoms with van der Waals surface area (Å²) < 4.78 is 23.4. The largest absolute Gasteiger partial charge is 0.756 e. The van der Waals surface area contributed by atoms with E-state index in [1.54, 1.807) is 6.08 Å². The minimum Gasteiger partial charge on any atom is -0.756 e. The van der Waals surface area contributed by atoms with E-state index in [1.165, 1.54) is 225 Å². The third-order valence-electron chi connectivity index (χ3n) is 14.9. The van der Waals surface area contributed by atoms with Crippen LogP contribution in [0.15, 0.2) is 72.9 Å². The molecule has 8 nitrogen and oxygen atoms in total. The number of aliphatic hydroxyl groups is 1. The number of hydrogen-bond donors (Lipinski definition) is 2. The van der Waals surface area contributed by atoms with Crippen LogP contribution < -0.4 is 10.2 Å². The zero-order chi connectivity index (χ0) is 57.0. The van der Waals surface area contributed by atoms with Crippen molar-refractivity contribution >= 4 is 13.7 Å². The van der Waals surface area contributed by atoms with E-state index < -0.39 is 26.6 Å². The van der Waals surface area contributed by atoms with Crippen molar-refractivity contribution in [2.24, 2.45) is 0 Å². The average molecular weight is 1110 g/mol. The van der Waals surface area contributed by atoms with Crippen LogP contribution in [0, 0.1) is 0 Å². The van der Waals surface area contributed by atoms with Crippen LogP contribution in [0.1, 0.15) is 309 Å². The van der Waals surface area contributed by atoms with Gasteiger partial charge in [-0.25, -0.2) is 0 Å². The zero-order valence-electron chi connectivity index (χ0n) is 52.1. The molecule has 0 heterocycles. The fourth-order valence-corrected chi connectivity index (χ4v) is 10.5. The second-order valence-electron chi connectivity index (χ2n) is 23.8. The molecule has 0 rings (SSSR count). The van der Waals surface area contributed by atoms with Crippen molar-refractivity contribution in [1.82, 2.24) is 5.32 Å². The molecule has 0 aromatic rings. The molecule has 0 aliphatic heterocycles. The molecule has 0 aliphatic carbocycles. The summed E-state index contributed by atoms with van der Waals surface area (Å²) in [4.78, 5) is 25.6. The van der Waals surface area contributed by atoms with Gasteiger partial charge >= 0.3 is 0 Å². The molecule has 0 spiro atoms. The first-order valence-electron chi connectivity index (χ1n) is 33.3. The SMILES string of the molecule is CC/C=C\C/C=C\C/C=C\C/C=C\CCCCCCCCCCCCCCCCC(=O)NC(COP(=O)([O-])OCC[N+](C)(C)C)C(O)/C=C/CC/C=C/CCCCCCCCCCCCCCCCCCCCCCCCC. The van der Waals surface area contributed by atoms with Gasteiger partial charge in [0.25, 0.3) is 7.82 Å². The molecule has 3 atom stereocenters.